The number of benzene rings is 1. The maximum Gasteiger partial charge on any atom is 0.332 e. The lowest BCUT2D eigenvalue weighted by molar-refractivity contribution is -0.182. The molecule has 2 atom stereocenters. The van der Waals surface area contributed by atoms with E-state index >= 15 is 0 Å². The van der Waals surface area contributed by atoms with Crippen LogP contribution in [0.1, 0.15) is 12.0 Å². The van der Waals surface area contributed by atoms with Crippen molar-refractivity contribution in [1.82, 2.24) is 15.3 Å². The van der Waals surface area contributed by atoms with Crippen LogP contribution in [0.25, 0.3) is 0 Å². The van der Waals surface area contributed by atoms with Crippen LogP contribution in [0.3, 0.4) is 0 Å². The highest BCUT2D eigenvalue weighted by Gasteiger charge is 2.45. The van der Waals surface area contributed by atoms with Gasteiger partial charge in [0, 0.05) is 6.42 Å². The second-order valence-electron chi connectivity index (χ2n) is 6.89. The van der Waals surface area contributed by atoms with E-state index in [0.717, 1.165) is 15.6 Å². The Balaban J connectivity index is 1.44. The number of carboxylic acid groups (broad SMARTS) is 1. The summed E-state index contributed by atoms with van der Waals surface area (Å²) in [4.78, 5) is 49.2. The topological polar surface area (TPSA) is 125 Å². The fourth-order valence-corrected chi connectivity index (χ4v) is 3.69. The van der Waals surface area contributed by atoms with Crippen LogP contribution in [0.4, 0.5) is 0 Å². The van der Waals surface area contributed by atoms with Gasteiger partial charge in [-0.2, -0.15) is 0 Å². The molecule has 3 aliphatic rings. The first-order valence-electron chi connectivity index (χ1n) is 9.10. The van der Waals surface area contributed by atoms with Gasteiger partial charge in [-0.1, -0.05) is 30.4 Å². The van der Waals surface area contributed by atoms with Gasteiger partial charge in [0.05, 0.1) is 17.8 Å². The molecule has 4 rings (SSSR count). The Hall–Kier alpha value is -3.47. The Kier molecular flexibility index (Phi) is 5.12. The quantitative estimate of drug-likeness (QED) is 0.486. The number of hydrazine groups is 1. The number of carboxylic acids is 1. The monoisotopic (exact) mass is 431 g/mol. The van der Waals surface area contributed by atoms with Gasteiger partial charge in [-0.15, -0.1) is 0 Å². The van der Waals surface area contributed by atoms with Crippen LogP contribution in [0.15, 0.2) is 30.4 Å². The molecule has 0 spiro atoms. The summed E-state index contributed by atoms with van der Waals surface area (Å²) in [6.07, 6.45) is 2.70. The van der Waals surface area contributed by atoms with Crippen molar-refractivity contribution in [2.24, 2.45) is 0 Å². The normalized spacial score (nSPS) is 22.0. The van der Waals surface area contributed by atoms with Crippen molar-refractivity contribution in [3.05, 3.63) is 35.9 Å². The fraction of sp³-hybridized carbons (Fsp3) is 0.316. The molecule has 1 unspecified atom stereocenters. The highest BCUT2D eigenvalue weighted by atomic mass is 32.1. The van der Waals surface area contributed by atoms with Crippen molar-refractivity contribution in [3.63, 3.8) is 0 Å². The minimum atomic E-state index is -1.31. The number of amides is 3. The molecule has 1 fully saturated rings. The zero-order chi connectivity index (χ0) is 21.4. The highest BCUT2D eigenvalue weighted by Crippen LogP contribution is 2.32. The molecule has 3 amide bonds. The molecule has 10 nitrogen and oxygen atoms in total. The number of hydrogen-bond acceptors (Lipinski definition) is 7. The van der Waals surface area contributed by atoms with Crippen molar-refractivity contribution in [2.45, 2.75) is 24.9 Å². The van der Waals surface area contributed by atoms with Gasteiger partial charge in [0.25, 0.3) is 11.8 Å². The summed E-state index contributed by atoms with van der Waals surface area (Å²) in [6.45, 7) is 0.221. The predicted molar refractivity (Wildman–Crippen MR) is 105 cm³/mol. The molecule has 0 radical (unpaired) electrons. The number of hydrogen-bond donors (Lipinski definition) is 2. The minimum absolute atomic E-state index is 0.0184. The molecule has 11 heteroatoms. The number of nitrogens with zero attached hydrogens (tertiary/aromatic N) is 2. The van der Waals surface area contributed by atoms with Crippen LogP contribution in [0, 0.1) is 0 Å². The number of carbonyl (C=O) groups excluding carboxylic acids is 3. The number of rotatable bonds is 5. The van der Waals surface area contributed by atoms with Crippen LogP contribution in [0.2, 0.25) is 0 Å². The van der Waals surface area contributed by atoms with Gasteiger partial charge in [-0.25, -0.2) is 14.8 Å². The van der Waals surface area contributed by atoms with Gasteiger partial charge >= 0.3 is 5.97 Å². The summed E-state index contributed by atoms with van der Waals surface area (Å²) in [5.41, 5.74) is 0.726. The van der Waals surface area contributed by atoms with Gasteiger partial charge in [0.15, 0.2) is 17.5 Å². The van der Waals surface area contributed by atoms with Crippen LogP contribution in [-0.2, 0) is 25.6 Å². The van der Waals surface area contributed by atoms with Crippen LogP contribution in [0.5, 0.6) is 11.5 Å². The lowest BCUT2D eigenvalue weighted by atomic mass is 10.0. The standard InChI is InChI=1S/C19H17N3O7S/c23-16-8-11(18(25)22-12(19(26)27)2-1-5-21(16)22)20-17(24)15(30)7-10-3-4-13-14(6-10)29-9-28-13/h1-4,6,11-12H,5,7-9H2,(H,20,24)(H,26,27)/t11?,12-/m0/s1. The summed E-state index contributed by atoms with van der Waals surface area (Å²) in [5.74, 6) is -1.91. The molecule has 156 valence electrons. The molecule has 0 aliphatic carbocycles. The number of fused-ring (bicyclic) bond motifs is 2. The van der Waals surface area contributed by atoms with Gasteiger partial charge in [-0.3, -0.25) is 14.4 Å². The van der Waals surface area contributed by atoms with Crippen molar-refractivity contribution in [3.8, 4) is 11.5 Å². The fourth-order valence-electron chi connectivity index (χ4n) is 3.47. The number of aliphatic carboxylic acids is 1. The molecule has 0 saturated carbocycles. The average Bonchev–Trinajstić information content (AvgIpc) is 3.19. The zero-order valence-electron chi connectivity index (χ0n) is 15.6. The molecule has 0 aromatic heterocycles. The third-order valence-corrected chi connectivity index (χ3v) is 5.25. The van der Waals surface area contributed by atoms with Crippen molar-refractivity contribution >= 4 is 40.8 Å². The van der Waals surface area contributed by atoms with E-state index < -0.39 is 35.8 Å². The Morgan fingerprint density at radius 3 is 2.77 bits per heavy atom. The predicted octanol–water partition coefficient (Wildman–Crippen LogP) is -0.189. The Labute approximate surface area is 176 Å². The summed E-state index contributed by atoms with van der Waals surface area (Å²) in [5, 5.41) is 13.8. The minimum Gasteiger partial charge on any atom is -0.479 e. The third-order valence-electron chi connectivity index (χ3n) is 4.92. The molecular weight excluding hydrogens is 414 g/mol. The first-order chi connectivity index (χ1) is 14.3. The first kappa shape index (κ1) is 19.8. The second-order valence-corrected chi connectivity index (χ2v) is 7.38. The summed E-state index contributed by atoms with van der Waals surface area (Å²) in [7, 11) is 0. The lowest BCUT2D eigenvalue weighted by Gasteiger charge is -2.44. The zero-order valence-corrected chi connectivity index (χ0v) is 16.4. The highest BCUT2D eigenvalue weighted by molar-refractivity contribution is 7.82. The number of nitrogens with one attached hydrogen (secondary N) is 1. The first-order valence-corrected chi connectivity index (χ1v) is 9.51. The van der Waals surface area contributed by atoms with E-state index in [0.29, 0.717) is 11.5 Å². The van der Waals surface area contributed by atoms with E-state index in [9.17, 15) is 24.3 Å². The third kappa shape index (κ3) is 3.59. The van der Waals surface area contributed by atoms with E-state index in [2.05, 4.69) is 5.32 Å². The molecule has 1 aromatic carbocycles. The average molecular weight is 431 g/mol. The summed E-state index contributed by atoms with van der Waals surface area (Å²) < 4.78 is 10.5. The van der Waals surface area contributed by atoms with E-state index in [1.54, 1.807) is 18.2 Å². The molecule has 2 N–H and O–H groups in total. The van der Waals surface area contributed by atoms with Crippen LogP contribution in [-0.4, -0.2) is 69.1 Å². The van der Waals surface area contributed by atoms with E-state index in [-0.39, 0.29) is 31.0 Å². The maximum absolute atomic E-state index is 12.8. The smallest absolute Gasteiger partial charge is 0.332 e. The lowest BCUT2D eigenvalue weighted by Crippen LogP contribution is -2.67. The van der Waals surface area contributed by atoms with Crippen LogP contribution < -0.4 is 14.8 Å². The van der Waals surface area contributed by atoms with E-state index in [1.165, 1.54) is 12.2 Å². The van der Waals surface area contributed by atoms with E-state index in [4.69, 9.17) is 21.7 Å². The van der Waals surface area contributed by atoms with Crippen molar-refractivity contribution in [1.29, 1.82) is 0 Å². The SMILES string of the molecule is O=C(NC1CC(=O)N2CC=C[C@@H](C(=O)O)N2C1=O)C(=S)Cc1ccc2c(c1)OCO2. The second kappa shape index (κ2) is 7.75. The van der Waals surface area contributed by atoms with Gasteiger partial charge in [0.1, 0.15) is 6.04 Å². The molecule has 3 heterocycles. The number of ether oxygens (including phenoxy) is 2. The van der Waals surface area contributed by atoms with Crippen molar-refractivity contribution < 1.29 is 33.8 Å². The van der Waals surface area contributed by atoms with E-state index in [1.807, 2.05) is 0 Å². The van der Waals surface area contributed by atoms with Gasteiger partial charge in [0.2, 0.25) is 12.7 Å². The molecular formula is C19H17N3O7S. The largest absolute Gasteiger partial charge is 0.479 e. The Morgan fingerprint density at radius 1 is 1.23 bits per heavy atom. The number of carbonyl (C=O) groups is 4. The van der Waals surface area contributed by atoms with Gasteiger partial charge in [-0.05, 0) is 17.7 Å². The van der Waals surface area contributed by atoms with Crippen molar-refractivity contribution in [2.75, 3.05) is 13.3 Å². The molecule has 30 heavy (non-hydrogen) atoms. The maximum atomic E-state index is 12.8. The Morgan fingerprint density at radius 2 is 2.00 bits per heavy atom. The molecule has 3 aliphatic heterocycles. The molecule has 1 aromatic rings. The summed E-state index contributed by atoms with van der Waals surface area (Å²) in [6, 6.07) is 2.68. The van der Waals surface area contributed by atoms with Gasteiger partial charge < -0.3 is 19.9 Å². The molecule has 0 bridgehead atoms. The summed E-state index contributed by atoms with van der Waals surface area (Å²) >= 11 is 5.19. The van der Waals surface area contributed by atoms with Crippen LogP contribution >= 0.6 is 12.2 Å². The number of thiocarbonyl (C=S) groups is 1. The Bertz CT molecular complexity index is 992. The molecule has 1 saturated heterocycles.